The summed E-state index contributed by atoms with van der Waals surface area (Å²) < 4.78 is 4.93. The topological polar surface area (TPSA) is 58.6 Å². The van der Waals surface area contributed by atoms with Gasteiger partial charge in [0.2, 0.25) is 0 Å². The maximum atomic E-state index is 12.5. The zero-order valence-corrected chi connectivity index (χ0v) is 14.2. The van der Waals surface area contributed by atoms with Crippen LogP contribution in [0.1, 0.15) is 48.0 Å². The minimum atomic E-state index is -0.869. The average Bonchev–Trinajstić information content (AvgIpc) is 2.55. The Morgan fingerprint density at radius 3 is 2.26 bits per heavy atom. The Labute approximate surface area is 138 Å². The van der Waals surface area contributed by atoms with Gasteiger partial charge in [-0.05, 0) is 44.6 Å². The summed E-state index contributed by atoms with van der Waals surface area (Å²) in [5, 5.41) is 2.94. The molecule has 0 bridgehead atoms. The molecular formula is C18H26N2O3. The van der Waals surface area contributed by atoms with Gasteiger partial charge in [-0.3, -0.25) is 4.79 Å². The average molecular weight is 318 g/mol. The molecule has 2 rings (SSSR count). The second-order valence-corrected chi connectivity index (χ2v) is 6.52. The zero-order valence-electron chi connectivity index (χ0n) is 14.2. The fourth-order valence-corrected chi connectivity index (χ4v) is 3.15. The smallest absolute Gasteiger partial charge is 0.331 e. The quantitative estimate of drug-likeness (QED) is 0.847. The first-order valence-corrected chi connectivity index (χ1v) is 8.11. The normalized spacial score (nSPS) is 16.9. The van der Waals surface area contributed by atoms with Crippen LogP contribution in [0.2, 0.25) is 0 Å². The number of nitrogens with zero attached hydrogens (tertiary/aromatic N) is 1. The molecule has 23 heavy (non-hydrogen) atoms. The lowest BCUT2D eigenvalue weighted by atomic mass is 9.81. The van der Waals surface area contributed by atoms with Gasteiger partial charge in [-0.25, -0.2) is 4.79 Å². The van der Waals surface area contributed by atoms with Gasteiger partial charge in [0.1, 0.15) is 5.54 Å². The number of rotatable bonds is 5. The van der Waals surface area contributed by atoms with Crippen molar-refractivity contribution < 1.29 is 14.3 Å². The molecule has 0 radical (unpaired) electrons. The number of nitrogens with one attached hydrogen (secondary N) is 1. The first kappa shape index (κ1) is 17.5. The Bertz CT molecular complexity index is 546. The molecule has 126 valence electrons. The molecule has 1 amide bonds. The van der Waals surface area contributed by atoms with Crippen molar-refractivity contribution in [1.29, 1.82) is 0 Å². The number of hydrogen-bond donors (Lipinski definition) is 1. The highest BCUT2D eigenvalue weighted by Crippen LogP contribution is 2.29. The molecule has 0 unspecified atom stereocenters. The molecule has 1 aromatic rings. The summed E-state index contributed by atoms with van der Waals surface area (Å²) in [4.78, 5) is 26.8. The molecular weight excluding hydrogens is 292 g/mol. The molecule has 0 atom stereocenters. The molecule has 5 nitrogen and oxygen atoms in total. The molecule has 1 saturated carbocycles. The number of methoxy groups -OCH3 is 1. The minimum Gasteiger partial charge on any atom is -0.467 e. The lowest BCUT2D eigenvalue weighted by Gasteiger charge is -2.35. The number of benzene rings is 1. The summed E-state index contributed by atoms with van der Waals surface area (Å²) in [5.74, 6) is -0.552. The van der Waals surface area contributed by atoms with Gasteiger partial charge in [-0.1, -0.05) is 31.4 Å². The van der Waals surface area contributed by atoms with Crippen LogP contribution < -0.4 is 5.32 Å². The van der Waals surface area contributed by atoms with Crippen LogP contribution in [0.25, 0.3) is 0 Å². The van der Waals surface area contributed by atoms with E-state index in [9.17, 15) is 9.59 Å². The molecule has 1 aromatic carbocycles. The Balaban J connectivity index is 2.10. The van der Waals surface area contributed by atoms with Crippen molar-refractivity contribution in [3.63, 3.8) is 0 Å². The second kappa shape index (κ2) is 7.59. The number of ether oxygens (including phenoxy) is 1. The third-order valence-electron chi connectivity index (χ3n) is 4.35. The van der Waals surface area contributed by atoms with Crippen LogP contribution in [0, 0.1) is 0 Å². The highest BCUT2D eigenvalue weighted by Gasteiger charge is 2.42. The maximum absolute atomic E-state index is 12.5. The molecule has 1 fully saturated rings. The summed E-state index contributed by atoms with van der Waals surface area (Å²) in [7, 11) is 5.38. The molecule has 5 heteroatoms. The predicted octanol–water partition coefficient (Wildman–Crippen LogP) is 2.35. The summed E-state index contributed by atoms with van der Waals surface area (Å²) >= 11 is 0. The van der Waals surface area contributed by atoms with Gasteiger partial charge in [-0.2, -0.15) is 0 Å². The minimum absolute atomic E-state index is 0.214. The fraction of sp³-hybridized carbons (Fsp3) is 0.556. The molecule has 1 N–H and O–H groups in total. The molecule has 0 heterocycles. The maximum Gasteiger partial charge on any atom is 0.331 e. The highest BCUT2D eigenvalue weighted by atomic mass is 16.5. The van der Waals surface area contributed by atoms with Crippen molar-refractivity contribution >= 4 is 11.9 Å². The highest BCUT2D eigenvalue weighted by molar-refractivity contribution is 5.98. The number of amides is 1. The van der Waals surface area contributed by atoms with Crippen molar-refractivity contribution in [2.45, 2.75) is 44.2 Å². The van der Waals surface area contributed by atoms with E-state index in [1.165, 1.54) is 7.11 Å². The van der Waals surface area contributed by atoms with Crippen LogP contribution in [0.15, 0.2) is 24.3 Å². The monoisotopic (exact) mass is 318 g/mol. The third kappa shape index (κ3) is 4.32. The van der Waals surface area contributed by atoms with Gasteiger partial charge >= 0.3 is 5.97 Å². The van der Waals surface area contributed by atoms with Gasteiger partial charge in [0.15, 0.2) is 0 Å². The first-order chi connectivity index (χ1) is 11.0. The summed E-state index contributed by atoms with van der Waals surface area (Å²) in [5.41, 5.74) is 0.847. The van der Waals surface area contributed by atoms with Crippen molar-refractivity contribution in [2.24, 2.45) is 0 Å². The third-order valence-corrected chi connectivity index (χ3v) is 4.35. The summed E-state index contributed by atoms with van der Waals surface area (Å²) in [6, 6.07) is 7.51. The van der Waals surface area contributed by atoms with Crippen molar-refractivity contribution in [1.82, 2.24) is 10.2 Å². The standard InChI is InChI=1S/C18H26N2O3/c1-20(2)13-14-7-9-15(10-8-14)16(21)19-18(17(22)23-3)11-5-4-6-12-18/h7-10H,4-6,11-13H2,1-3H3,(H,19,21). The van der Waals surface area contributed by atoms with Crippen LogP contribution in [0.5, 0.6) is 0 Å². The van der Waals surface area contributed by atoms with Crippen LogP contribution in [-0.2, 0) is 16.1 Å². The Kier molecular flexibility index (Phi) is 5.77. The van der Waals surface area contributed by atoms with Crippen molar-refractivity contribution in [3.8, 4) is 0 Å². The number of esters is 1. The molecule has 0 aromatic heterocycles. The van der Waals surface area contributed by atoms with Crippen molar-refractivity contribution in [2.75, 3.05) is 21.2 Å². The van der Waals surface area contributed by atoms with Crippen LogP contribution in [0.3, 0.4) is 0 Å². The van der Waals surface area contributed by atoms with Crippen molar-refractivity contribution in [3.05, 3.63) is 35.4 Å². The van der Waals surface area contributed by atoms with E-state index >= 15 is 0 Å². The van der Waals surface area contributed by atoms with E-state index in [2.05, 4.69) is 10.2 Å². The predicted molar refractivity (Wildman–Crippen MR) is 89.1 cm³/mol. The lowest BCUT2D eigenvalue weighted by Crippen LogP contribution is -2.56. The van der Waals surface area contributed by atoms with Gasteiger partial charge in [0.25, 0.3) is 5.91 Å². The van der Waals surface area contributed by atoms with Gasteiger partial charge < -0.3 is 15.0 Å². The van der Waals surface area contributed by atoms with E-state index in [0.29, 0.717) is 18.4 Å². The largest absolute Gasteiger partial charge is 0.467 e. The van der Waals surface area contributed by atoms with E-state index in [1.54, 1.807) is 0 Å². The first-order valence-electron chi connectivity index (χ1n) is 8.11. The molecule has 1 aliphatic rings. The van der Waals surface area contributed by atoms with Crippen LogP contribution >= 0.6 is 0 Å². The van der Waals surface area contributed by atoms with E-state index in [0.717, 1.165) is 31.4 Å². The molecule has 0 saturated heterocycles. The summed E-state index contributed by atoms with van der Waals surface area (Å²) in [6.45, 7) is 0.827. The van der Waals surface area contributed by atoms with Crippen LogP contribution in [0.4, 0.5) is 0 Å². The van der Waals surface area contributed by atoms with E-state index in [4.69, 9.17) is 4.74 Å². The number of carbonyl (C=O) groups excluding carboxylic acids is 2. The molecule has 1 aliphatic carbocycles. The lowest BCUT2D eigenvalue weighted by molar-refractivity contribution is -0.149. The van der Waals surface area contributed by atoms with Gasteiger partial charge in [-0.15, -0.1) is 0 Å². The van der Waals surface area contributed by atoms with E-state index < -0.39 is 5.54 Å². The Morgan fingerprint density at radius 1 is 1.13 bits per heavy atom. The molecule has 0 spiro atoms. The number of hydrogen-bond acceptors (Lipinski definition) is 4. The molecule has 0 aliphatic heterocycles. The summed E-state index contributed by atoms with van der Waals surface area (Å²) in [6.07, 6.45) is 4.23. The van der Waals surface area contributed by atoms with E-state index in [1.807, 2.05) is 38.4 Å². The SMILES string of the molecule is COC(=O)C1(NC(=O)c2ccc(CN(C)C)cc2)CCCCC1. The van der Waals surface area contributed by atoms with Gasteiger partial charge in [0.05, 0.1) is 7.11 Å². The fourth-order valence-electron chi connectivity index (χ4n) is 3.15. The number of carbonyl (C=O) groups is 2. The Hall–Kier alpha value is -1.88. The zero-order chi connectivity index (χ0) is 16.9. The second-order valence-electron chi connectivity index (χ2n) is 6.52. The Morgan fingerprint density at radius 2 is 1.74 bits per heavy atom. The van der Waals surface area contributed by atoms with E-state index in [-0.39, 0.29) is 11.9 Å². The van der Waals surface area contributed by atoms with Gasteiger partial charge in [0, 0.05) is 12.1 Å². The van der Waals surface area contributed by atoms with Crippen LogP contribution in [-0.4, -0.2) is 43.5 Å².